The van der Waals surface area contributed by atoms with E-state index in [0.29, 0.717) is 12.2 Å². The molecular weight excluding hydrogens is 352 g/mol. The molecule has 0 spiro atoms. The summed E-state index contributed by atoms with van der Waals surface area (Å²) < 4.78 is 5.54. The van der Waals surface area contributed by atoms with Crippen molar-refractivity contribution >= 4 is 16.9 Å². The number of H-pyrrole nitrogens is 1. The largest absolute Gasteiger partial charge is 0.493 e. The predicted octanol–water partition coefficient (Wildman–Crippen LogP) is 3.06. The summed E-state index contributed by atoms with van der Waals surface area (Å²) >= 11 is 0. The van der Waals surface area contributed by atoms with Crippen molar-refractivity contribution in [2.75, 3.05) is 20.2 Å². The lowest BCUT2D eigenvalue weighted by Crippen LogP contribution is -2.45. The monoisotopic (exact) mass is 376 g/mol. The minimum absolute atomic E-state index is 0.00684. The van der Waals surface area contributed by atoms with Crippen molar-refractivity contribution in [1.29, 1.82) is 0 Å². The van der Waals surface area contributed by atoms with Crippen LogP contribution in [0.5, 0.6) is 5.75 Å². The number of aromatic amines is 1. The maximum absolute atomic E-state index is 12.8. The maximum atomic E-state index is 12.8. The number of carbonyl (C=O) groups excluding carboxylic acids is 1. The molecule has 0 aliphatic carbocycles. The van der Waals surface area contributed by atoms with E-state index in [9.17, 15) is 4.79 Å². The van der Waals surface area contributed by atoms with Gasteiger partial charge in [-0.15, -0.1) is 0 Å². The highest BCUT2D eigenvalue weighted by Crippen LogP contribution is 2.30. The highest BCUT2D eigenvalue weighted by molar-refractivity contribution is 5.94. The van der Waals surface area contributed by atoms with Crippen molar-refractivity contribution in [3.8, 4) is 5.75 Å². The van der Waals surface area contributed by atoms with E-state index in [0.717, 1.165) is 54.0 Å². The fraction of sp³-hybridized carbons (Fsp3) is 0.364. The average molecular weight is 376 g/mol. The third-order valence-electron chi connectivity index (χ3n) is 5.88. The van der Waals surface area contributed by atoms with Crippen LogP contribution in [-0.2, 0) is 6.42 Å². The number of nitrogens with zero attached hydrogens (tertiary/aromatic N) is 2. The third kappa shape index (κ3) is 3.14. The fourth-order valence-electron chi connectivity index (χ4n) is 4.26. The zero-order valence-electron chi connectivity index (χ0n) is 15.9. The molecule has 144 valence electrons. The van der Waals surface area contributed by atoms with E-state index in [1.165, 1.54) is 0 Å². The molecule has 0 unspecified atom stereocenters. The number of ether oxygens (including phenoxy) is 1. The lowest BCUT2D eigenvalue weighted by atomic mass is 9.96. The molecular formula is C22H24N4O2. The maximum Gasteiger partial charge on any atom is 0.251 e. The molecule has 2 atom stereocenters. The number of nitrogens with one attached hydrogen (secondary N) is 2. The SMILES string of the molecule is CN1CC[C@@H](NC(=O)c2ccc3c(c2)CCO3)C[C@@H]1c1nc2ccccc2[nH]1. The Bertz CT molecular complexity index is 995. The summed E-state index contributed by atoms with van der Waals surface area (Å²) in [7, 11) is 2.12. The molecule has 1 aromatic heterocycles. The zero-order chi connectivity index (χ0) is 19.1. The predicted molar refractivity (Wildman–Crippen MR) is 108 cm³/mol. The van der Waals surface area contributed by atoms with Gasteiger partial charge in [-0.05, 0) is 55.8 Å². The van der Waals surface area contributed by atoms with Crippen LogP contribution in [0.15, 0.2) is 42.5 Å². The van der Waals surface area contributed by atoms with Crippen LogP contribution in [0.4, 0.5) is 0 Å². The van der Waals surface area contributed by atoms with E-state index in [4.69, 9.17) is 9.72 Å². The second kappa shape index (κ2) is 6.95. The van der Waals surface area contributed by atoms with Crippen LogP contribution in [0.2, 0.25) is 0 Å². The standard InChI is InChI=1S/C22H24N4O2/c1-26-10-8-16(13-19(26)21-24-17-4-2-3-5-18(17)25-21)23-22(27)15-6-7-20-14(12-15)9-11-28-20/h2-7,12,16,19H,8-11,13H2,1H3,(H,23,27)(H,24,25)/t16-,19-/m1/s1. The van der Waals surface area contributed by atoms with Crippen LogP contribution in [0, 0.1) is 0 Å². The number of aromatic nitrogens is 2. The zero-order valence-corrected chi connectivity index (χ0v) is 15.9. The van der Waals surface area contributed by atoms with Crippen molar-refractivity contribution in [2.45, 2.75) is 31.3 Å². The number of benzene rings is 2. The molecule has 0 radical (unpaired) electrons. The highest BCUT2D eigenvalue weighted by atomic mass is 16.5. The number of likely N-dealkylation sites (tertiary alicyclic amines) is 1. The molecule has 5 rings (SSSR count). The molecule has 3 aromatic rings. The molecule has 3 heterocycles. The van der Waals surface area contributed by atoms with E-state index in [-0.39, 0.29) is 18.0 Å². The Balaban J connectivity index is 1.31. The number of rotatable bonds is 3. The van der Waals surface area contributed by atoms with E-state index >= 15 is 0 Å². The van der Waals surface area contributed by atoms with Gasteiger partial charge in [0.15, 0.2) is 0 Å². The minimum Gasteiger partial charge on any atom is -0.493 e. The number of amides is 1. The number of hydrogen-bond acceptors (Lipinski definition) is 4. The summed E-state index contributed by atoms with van der Waals surface area (Å²) in [6, 6.07) is 14.1. The van der Waals surface area contributed by atoms with Crippen molar-refractivity contribution in [3.63, 3.8) is 0 Å². The molecule has 1 saturated heterocycles. The van der Waals surface area contributed by atoms with Gasteiger partial charge in [0.25, 0.3) is 5.91 Å². The number of carbonyl (C=O) groups is 1. The van der Waals surface area contributed by atoms with E-state index in [2.05, 4.69) is 22.2 Å². The molecule has 2 aromatic carbocycles. The number of para-hydroxylation sites is 2. The second-order valence-corrected chi connectivity index (χ2v) is 7.75. The van der Waals surface area contributed by atoms with Gasteiger partial charge in [-0.2, -0.15) is 0 Å². The molecule has 0 bridgehead atoms. The van der Waals surface area contributed by atoms with Gasteiger partial charge in [0.05, 0.1) is 23.7 Å². The molecule has 28 heavy (non-hydrogen) atoms. The Labute approximate surface area is 163 Å². The van der Waals surface area contributed by atoms with Crippen molar-refractivity contribution < 1.29 is 9.53 Å². The Morgan fingerprint density at radius 2 is 2.18 bits per heavy atom. The molecule has 1 amide bonds. The van der Waals surface area contributed by atoms with E-state index in [1.54, 1.807) is 0 Å². The van der Waals surface area contributed by atoms with E-state index in [1.807, 2.05) is 42.5 Å². The van der Waals surface area contributed by atoms with Crippen LogP contribution in [-0.4, -0.2) is 47.0 Å². The fourth-order valence-corrected chi connectivity index (χ4v) is 4.26. The summed E-state index contributed by atoms with van der Waals surface area (Å²) in [5.41, 5.74) is 3.87. The molecule has 2 aliphatic rings. The van der Waals surface area contributed by atoms with Crippen molar-refractivity contribution in [2.24, 2.45) is 0 Å². The quantitative estimate of drug-likeness (QED) is 0.737. The average Bonchev–Trinajstić information content (AvgIpc) is 3.35. The van der Waals surface area contributed by atoms with Crippen molar-refractivity contribution in [3.05, 3.63) is 59.4 Å². The minimum atomic E-state index is -0.00684. The molecule has 2 aliphatic heterocycles. The summed E-state index contributed by atoms with van der Waals surface area (Å²) in [5, 5.41) is 3.23. The van der Waals surface area contributed by atoms with Crippen LogP contribution in [0.3, 0.4) is 0 Å². The Hall–Kier alpha value is -2.86. The lowest BCUT2D eigenvalue weighted by molar-refractivity contribution is 0.0884. The van der Waals surface area contributed by atoms with Gasteiger partial charge >= 0.3 is 0 Å². The second-order valence-electron chi connectivity index (χ2n) is 7.75. The van der Waals surface area contributed by atoms with Crippen LogP contribution >= 0.6 is 0 Å². The Morgan fingerprint density at radius 1 is 1.29 bits per heavy atom. The highest BCUT2D eigenvalue weighted by Gasteiger charge is 2.30. The number of piperidine rings is 1. The molecule has 1 fully saturated rings. The molecule has 2 N–H and O–H groups in total. The first-order valence-corrected chi connectivity index (χ1v) is 9.89. The Morgan fingerprint density at radius 3 is 3.07 bits per heavy atom. The third-order valence-corrected chi connectivity index (χ3v) is 5.88. The van der Waals surface area contributed by atoms with Crippen LogP contribution in [0.25, 0.3) is 11.0 Å². The summed E-state index contributed by atoms with van der Waals surface area (Å²) in [5.74, 6) is 1.87. The first-order chi connectivity index (χ1) is 13.7. The van der Waals surface area contributed by atoms with E-state index < -0.39 is 0 Å². The smallest absolute Gasteiger partial charge is 0.251 e. The lowest BCUT2D eigenvalue weighted by Gasteiger charge is -2.36. The molecule has 6 nitrogen and oxygen atoms in total. The summed E-state index contributed by atoms with van der Waals surface area (Å²) in [4.78, 5) is 23.3. The molecule has 6 heteroatoms. The van der Waals surface area contributed by atoms with Gasteiger partial charge in [-0.3, -0.25) is 9.69 Å². The first-order valence-electron chi connectivity index (χ1n) is 9.89. The van der Waals surface area contributed by atoms with Crippen LogP contribution in [0.1, 0.15) is 40.6 Å². The van der Waals surface area contributed by atoms with Crippen molar-refractivity contribution in [1.82, 2.24) is 20.2 Å². The number of fused-ring (bicyclic) bond motifs is 2. The normalized spacial score (nSPS) is 22.0. The van der Waals surface area contributed by atoms with Gasteiger partial charge in [-0.25, -0.2) is 4.98 Å². The van der Waals surface area contributed by atoms with Crippen LogP contribution < -0.4 is 10.1 Å². The number of imidazole rings is 1. The topological polar surface area (TPSA) is 70.2 Å². The van der Waals surface area contributed by atoms with Gasteiger partial charge < -0.3 is 15.0 Å². The van der Waals surface area contributed by atoms with Gasteiger partial charge in [0.2, 0.25) is 0 Å². The summed E-state index contributed by atoms with van der Waals surface area (Å²) in [6.45, 7) is 1.62. The summed E-state index contributed by atoms with van der Waals surface area (Å²) in [6.07, 6.45) is 2.65. The van der Waals surface area contributed by atoms with Gasteiger partial charge in [-0.1, -0.05) is 12.1 Å². The van der Waals surface area contributed by atoms with Gasteiger partial charge in [0.1, 0.15) is 11.6 Å². The molecule has 0 saturated carbocycles. The van der Waals surface area contributed by atoms with Gasteiger partial charge in [0, 0.05) is 24.6 Å². The first kappa shape index (κ1) is 17.3. The Kier molecular flexibility index (Phi) is 4.28. The number of hydrogen-bond donors (Lipinski definition) is 2.